The summed E-state index contributed by atoms with van der Waals surface area (Å²) in [6.45, 7) is 5.56. The second-order valence-corrected chi connectivity index (χ2v) is 7.66. The second-order valence-electron chi connectivity index (χ2n) is 7.14. The predicted molar refractivity (Wildman–Crippen MR) is 124 cm³/mol. The first-order chi connectivity index (χ1) is 14.9. The van der Waals surface area contributed by atoms with Crippen molar-refractivity contribution in [1.82, 2.24) is 0 Å². The number of hydrogen-bond acceptors (Lipinski definition) is 5. The molecule has 2 aromatic carbocycles. The molecule has 2 aromatic rings. The molecule has 0 saturated carbocycles. The minimum atomic E-state index is -4.29. The zero-order chi connectivity index (χ0) is 24.3. The predicted octanol–water partition coefficient (Wildman–Crippen LogP) is 6.45. The lowest BCUT2D eigenvalue weighted by Gasteiger charge is -2.15. The second kappa shape index (κ2) is 13.0. The zero-order valence-electron chi connectivity index (χ0n) is 18.6. The number of halogens is 3. The minimum Gasteiger partial charge on any atom is -0.482 e. The van der Waals surface area contributed by atoms with Crippen molar-refractivity contribution < 1.29 is 27.8 Å². The molecular formula is C23H29F3N2O3S. The number of aryl methyl sites for hydroxylation is 1. The van der Waals surface area contributed by atoms with Gasteiger partial charge in [-0.05, 0) is 74.7 Å². The van der Waals surface area contributed by atoms with E-state index in [1.165, 1.54) is 12.1 Å². The number of carboxylic acid groups (broad SMARTS) is 1. The van der Waals surface area contributed by atoms with Crippen LogP contribution in [-0.2, 0) is 11.0 Å². The summed E-state index contributed by atoms with van der Waals surface area (Å²) >= 11 is 4.14. The Bertz CT molecular complexity index is 900. The fraction of sp³-hybridized carbons (Fsp3) is 0.391. The molecule has 0 amide bonds. The van der Waals surface area contributed by atoms with Crippen LogP contribution in [0.2, 0.25) is 0 Å². The van der Waals surface area contributed by atoms with Crippen LogP contribution in [0.1, 0.15) is 44.2 Å². The summed E-state index contributed by atoms with van der Waals surface area (Å²) in [7, 11) is 1.73. The third kappa shape index (κ3) is 10.1. The molecule has 5 nitrogen and oxygen atoms in total. The van der Waals surface area contributed by atoms with Gasteiger partial charge in [0.2, 0.25) is 0 Å². The Balaban J connectivity index is 0.000000343. The van der Waals surface area contributed by atoms with Gasteiger partial charge in [-0.15, -0.1) is 12.6 Å². The molecule has 0 bridgehead atoms. The molecule has 0 fully saturated rings. The Kier molecular flexibility index (Phi) is 11.1. The van der Waals surface area contributed by atoms with Gasteiger partial charge in [0, 0.05) is 17.7 Å². The molecule has 0 aliphatic heterocycles. The fourth-order valence-electron chi connectivity index (χ4n) is 2.60. The lowest BCUT2D eigenvalue weighted by atomic mass is 10.2. The third-order valence-electron chi connectivity index (χ3n) is 4.29. The number of rotatable bonds is 8. The number of unbranched alkanes of at least 4 members (excludes halogenated alkanes) is 1. The van der Waals surface area contributed by atoms with E-state index in [0.29, 0.717) is 11.4 Å². The summed E-state index contributed by atoms with van der Waals surface area (Å²) < 4.78 is 42.3. The number of thiol groups is 1. The van der Waals surface area contributed by atoms with E-state index < -0.39 is 17.7 Å². The molecule has 0 unspecified atom stereocenters. The lowest BCUT2D eigenvalue weighted by molar-refractivity contribution is -0.139. The Morgan fingerprint density at radius 1 is 1.19 bits per heavy atom. The molecule has 0 radical (unpaired) electrons. The van der Waals surface area contributed by atoms with Gasteiger partial charge in [0.25, 0.3) is 0 Å². The highest BCUT2D eigenvalue weighted by Gasteiger charge is 2.30. The van der Waals surface area contributed by atoms with E-state index >= 15 is 0 Å². The van der Waals surface area contributed by atoms with Crippen molar-refractivity contribution in [3.8, 4) is 5.75 Å². The number of aliphatic carboxylic acids is 1. The van der Waals surface area contributed by atoms with Crippen molar-refractivity contribution in [1.29, 1.82) is 0 Å². The molecule has 0 saturated heterocycles. The molecule has 176 valence electrons. The normalized spacial score (nSPS) is 11.4. The van der Waals surface area contributed by atoms with Gasteiger partial charge in [-0.2, -0.15) is 18.3 Å². The van der Waals surface area contributed by atoms with Gasteiger partial charge in [0.1, 0.15) is 5.75 Å². The van der Waals surface area contributed by atoms with Crippen LogP contribution in [0.3, 0.4) is 0 Å². The Labute approximate surface area is 192 Å². The average Bonchev–Trinajstić information content (AvgIpc) is 2.71. The number of carbonyl (C=O) groups is 1. The number of benzene rings is 2. The van der Waals surface area contributed by atoms with Gasteiger partial charge in [-0.25, -0.2) is 4.79 Å². The quantitative estimate of drug-likeness (QED) is 0.264. The molecule has 0 heterocycles. The van der Waals surface area contributed by atoms with Crippen LogP contribution >= 0.6 is 12.6 Å². The number of alkyl halides is 3. The van der Waals surface area contributed by atoms with E-state index in [4.69, 9.17) is 9.84 Å². The van der Waals surface area contributed by atoms with E-state index in [0.717, 1.165) is 47.6 Å². The number of carboxylic acids is 1. The van der Waals surface area contributed by atoms with Crippen LogP contribution < -0.4 is 9.75 Å². The largest absolute Gasteiger partial charge is 0.482 e. The van der Waals surface area contributed by atoms with Crippen molar-refractivity contribution in [3.63, 3.8) is 0 Å². The maximum atomic E-state index is 12.4. The maximum absolute atomic E-state index is 12.4. The van der Waals surface area contributed by atoms with Crippen LogP contribution in [-0.4, -0.2) is 30.4 Å². The Morgan fingerprint density at radius 2 is 1.81 bits per heavy atom. The number of hydrazone groups is 1. The summed E-state index contributed by atoms with van der Waals surface area (Å²) in [5.74, 6) is -0.394. The van der Waals surface area contributed by atoms with Crippen LogP contribution in [0.15, 0.2) is 52.5 Å². The van der Waals surface area contributed by atoms with E-state index in [9.17, 15) is 18.0 Å². The van der Waals surface area contributed by atoms with Crippen molar-refractivity contribution in [2.24, 2.45) is 5.10 Å². The van der Waals surface area contributed by atoms with Gasteiger partial charge in [0.15, 0.2) is 6.61 Å². The van der Waals surface area contributed by atoms with Crippen LogP contribution in [0, 0.1) is 6.92 Å². The maximum Gasteiger partial charge on any atom is 0.416 e. The van der Waals surface area contributed by atoms with E-state index in [1.807, 2.05) is 19.9 Å². The molecule has 1 N–H and O–H groups in total. The monoisotopic (exact) mass is 470 g/mol. The first-order valence-corrected chi connectivity index (χ1v) is 10.5. The van der Waals surface area contributed by atoms with Crippen LogP contribution in [0.25, 0.3) is 0 Å². The van der Waals surface area contributed by atoms with Gasteiger partial charge in [-0.3, -0.25) is 5.01 Å². The molecule has 0 spiro atoms. The lowest BCUT2D eigenvalue weighted by Crippen LogP contribution is -2.12. The molecular weight excluding hydrogens is 441 g/mol. The van der Waals surface area contributed by atoms with Crippen molar-refractivity contribution >= 4 is 30.0 Å². The third-order valence-corrected chi connectivity index (χ3v) is 4.57. The van der Waals surface area contributed by atoms with E-state index in [2.05, 4.69) is 24.7 Å². The first-order valence-electron chi connectivity index (χ1n) is 10.0. The van der Waals surface area contributed by atoms with Crippen LogP contribution in [0.4, 0.5) is 18.9 Å². The summed E-state index contributed by atoms with van der Waals surface area (Å²) in [6, 6.07) is 10.3. The Morgan fingerprint density at radius 3 is 2.31 bits per heavy atom. The summed E-state index contributed by atoms with van der Waals surface area (Å²) in [6.07, 6.45) is -1.23. The number of ether oxygens (including phenoxy) is 1. The molecule has 0 aromatic heterocycles. The standard InChI is InChI=1S/C14H19F3N2.C9H10O3S/c1-4-5-6-11(2)18-19(3)13-9-7-12(8-10-13)14(15,16)17;1-6-4-7(13)2-3-8(6)12-5-9(10)11/h7-10H,4-6H2,1-3H3;2-4,13H,5H2,1H3,(H,10,11)/b18-11-;. The van der Waals surface area contributed by atoms with E-state index in [1.54, 1.807) is 24.2 Å². The van der Waals surface area contributed by atoms with Crippen molar-refractivity contribution in [2.75, 3.05) is 18.7 Å². The molecule has 0 aliphatic carbocycles. The van der Waals surface area contributed by atoms with Gasteiger partial charge < -0.3 is 9.84 Å². The SMILES string of the molecule is CCCC/C(C)=N\N(C)c1ccc(C(F)(F)F)cc1.Cc1cc(S)ccc1OCC(=O)O. The summed E-state index contributed by atoms with van der Waals surface area (Å²) in [5, 5.41) is 14.3. The molecule has 2 rings (SSSR count). The average molecular weight is 471 g/mol. The van der Waals surface area contributed by atoms with E-state index in [-0.39, 0.29) is 6.61 Å². The molecule has 0 aliphatic rings. The zero-order valence-corrected chi connectivity index (χ0v) is 19.5. The number of anilines is 1. The fourth-order valence-corrected chi connectivity index (χ4v) is 2.87. The topological polar surface area (TPSA) is 62.1 Å². The summed E-state index contributed by atoms with van der Waals surface area (Å²) in [5.41, 5.74) is 1.86. The summed E-state index contributed by atoms with van der Waals surface area (Å²) in [4.78, 5) is 11.0. The first kappa shape index (κ1) is 27.4. The molecule has 0 atom stereocenters. The number of nitrogens with zero attached hydrogens (tertiary/aromatic N) is 2. The van der Waals surface area contributed by atoms with Crippen molar-refractivity contribution in [2.45, 2.75) is 51.1 Å². The minimum absolute atomic E-state index is 0.313. The molecule has 9 heteroatoms. The van der Waals surface area contributed by atoms with Gasteiger partial charge in [-0.1, -0.05) is 13.3 Å². The van der Waals surface area contributed by atoms with Crippen molar-refractivity contribution in [3.05, 3.63) is 53.6 Å². The highest BCUT2D eigenvalue weighted by molar-refractivity contribution is 7.80. The number of hydrogen-bond donors (Lipinski definition) is 2. The van der Waals surface area contributed by atoms with Crippen LogP contribution in [0.5, 0.6) is 5.75 Å². The van der Waals surface area contributed by atoms with Gasteiger partial charge >= 0.3 is 12.1 Å². The smallest absolute Gasteiger partial charge is 0.416 e. The Hall–Kier alpha value is -2.68. The van der Waals surface area contributed by atoms with Gasteiger partial charge in [0.05, 0.1) is 11.3 Å². The highest BCUT2D eigenvalue weighted by atomic mass is 32.1. The molecule has 32 heavy (non-hydrogen) atoms. The highest BCUT2D eigenvalue weighted by Crippen LogP contribution is 2.30.